The van der Waals surface area contributed by atoms with Gasteiger partial charge in [-0.2, -0.15) is 5.10 Å². The highest BCUT2D eigenvalue weighted by Crippen LogP contribution is 2.07. The number of rotatable bonds is 12. The van der Waals surface area contributed by atoms with Crippen molar-refractivity contribution in [3.8, 4) is 0 Å². The van der Waals surface area contributed by atoms with Crippen molar-refractivity contribution in [3.63, 3.8) is 0 Å². The minimum absolute atomic E-state index is 0.0135. The van der Waals surface area contributed by atoms with Crippen molar-refractivity contribution in [3.05, 3.63) is 22.5 Å². The van der Waals surface area contributed by atoms with Crippen LogP contribution in [-0.2, 0) is 20.8 Å². The lowest BCUT2D eigenvalue weighted by Gasteiger charge is -2.06. The molecule has 0 bridgehead atoms. The van der Waals surface area contributed by atoms with Gasteiger partial charge < -0.3 is 14.2 Å². The molecule has 1 heterocycles. The van der Waals surface area contributed by atoms with Gasteiger partial charge in [0.1, 0.15) is 12.4 Å². The molecule has 0 fully saturated rings. The highest BCUT2D eigenvalue weighted by atomic mass is 16.6. The van der Waals surface area contributed by atoms with E-state index in [-0.39, 0.29) is 5.69 Å². The molecule has 114 valence electrons. The van der Waals surface area contributed by atoms with Crippen LogP contribution in [0.1, 0.15) is 13.3 Å². The van der Waals surface area contributed by atoms with Crippen LogP contribution in [0.5, 0.6) is 0 Å². The molecule has 8 nitrogen and oxygen atoms in total. The fourth-order valence-electron chi connectivity index (χ4n) is 1.41. The van der Waals surface area contributed by atoms with Crippen molar-refractivity contribution in [1.29, 1.82) is 0 Å². The SMILES string of the molecule is CCCOCCOCCOCCn1cc([N+](=O)[O-])cn1. The number of hydrogen-bond acceptors (Lipinski definition) is 6. The largest absolute Gasteiger partial charge is 0.379 e. The molecular formula is C12H21N3O5. The first-order valence-electron chi connectivity index (χ1n) is 6.64. The van der Waals surface area contributed by atoms with Crippen molar-refractivity contribution in [1.82, 2.24) is 9.78 Å². The van der Waals surface area contributed by atoms with E-state index in [4.69, 9.17) is 14.2 Å². The maximum Gasteiger partial charge on any atom is 0.306 e. The highest BCUT2D eigenvalue weighted by molar-refractivity contribution is 5.20. The van der Waals surface area contributed by atoms with E-state index in [9.17, 15) is 10.1 Å². The Hall–Kier alpha value is -1.51. The quantitative estimate of drug-likeness (QED) is 0.326. The molecule has 0 amide bonds. The summed E-state index contributed by atoms with van der Waals surface area (Å²) in [5, 5.41) is 14.3. The van der Waals surface area contributed by atoms with Gasteiger partial charge in [0.2, 0.25) is 0 Å². The minimum Gasteiger partial charge on any atom is -0.379 e. The van der Waals surface area contributed by atoms with Crippen molar-refractivity contribution in [2.24, 2.45) is 0 Å². The Morgan fingerprint density at radius 2 is 1.75 bits per heavy atom. The van der Waals surface area contributed by atoms with Crippen LogP contribution < -0.4 is 0 Å². The van der Waals surface area contributed by atoms with E-state index in [1.165, 1.54) is 17.1 Å². The van der Waals surface area contributed by atoms with Crippen LogP contribution >= 0.6 is 0 Å². The second-order valence-corrected chi connectivity index (χ2v) is 4.06. The zero-order valence-electron chi connectivity index (χ0n) is 11.7. The first-order chi connectivity index (χ1) is 9.74. The second kappa shape index (κ2) is 10.3. The topological polar surface area (TPSA) is 88.7 Å². The van der Waals surface area contributed by atoms with Crippen LogP contribution in [0.15, 0.2) is 12.4 Å². The molecule has 0 aromatic carbocycles. The van der Waals surface area contributed by atoms with Gasteiger partial charge in [0.25, 0.3) is 0 Å². The summed E-state index contributed by atoms with van der Waals surface area (Å²) in [5.74, 6) is 0. The Balaban J connectivity index is 1.93. The summed E-state index contributed by atoms with van der Waals surface area (Å²) >= 11 is 0. The molecule has 1 rings (SSSR count). The summed E-state index contributed by atoms with van der Waals surface area (Å²) in [4.78, 5) is 9.98. The Labute approximate surface area is 117 Å². The van der Waals surface area contributed by atoms with Crippen LogP contribution in [0, 0.1) is 10.1 Å². The Kier molecular flexibility index (Phi) is 8.52. The number of ether oxygens (including phenoxy) is 3. The Bertz CT molecular complexity index is 383. The van der Waals surface area contributed by atoms with Crippen LogP contribution in [0.3, 0.4) is 0 Å². The third-order valence-corrected chi connectivity index (χ3v) is 2.39. The first-order valence-corrected chi connectivity index (χ1v) is 6.64. The van der Waals surface area contributed by atoms with Crippen molar-refractivity contribution < 1.29 is 19.1 Å². The molecule has 0 saturated carbocycles. The summed E-state index contributed by atoms with van der Waals surface area (Å²) in [5.41, 5.74) is -0.0135. The molecule has 0 aliphatic heterocycles. The molecule has 0 spiro atoms. The van der Waals surface area contributed by atoms with Gasteiger partial charge in [0.15, 0.2) is 0 Å². The molecule has 1 aromatic heterocycles. The fourth-order valence-corrected chi connectivity index (χ4v) is 1.41. The molecule has 0 radical (unpaired) electrons. The first kappa shape index (κ1) is 16.5. The zero-order valence-corrected chi connectivity index (χ0v) is 11.7. The van der Waals surface area contributed by atoms with Crippen LogP contribution in [0.25, 0.3) is 0 Å². The van der Waals surface area contributed by atoms with Crippen LogP contribution in [0.2, 0.25) is 0 Å². The zero-order chi connectivity index (χ0) is 14.6. The third kappa shape index (κ3) is 7.17. The van der Waals surface area contributed by atoms with Gasteiger partial charge >= 0.3 is 5.69 Å². The molecular weight excluding hydrogens is 266 g/mol. The molecule has 0 N–H and O–H groups in total. The molecule has 0 aliphatic carbocycles. The Morgan fingerprint density at radius 3 is 2.30 bits per heavy atom. The predicted molar refractivity (Wildman–Crippen MR) is 71.6 cm³/mol. The van der Waals surface area contributed by atoms with Gasteiger partial charge in [0.05, 0.1) is 44.5 Å². The van der Waals surface area contributed by atoms with Gasteiger partial charge in [-0.15, -0.1) is 0 Å². The van der Waals surface area contributed by atoms with Gasteiger partial charge in [0, 0.05) is 6.61 Å². The van der Waals surface area contributed by atoms with Gasteiger partial charge in [-0.1, -0.05) is 6.92 Å². The highest BCUT2D eigenvalue weighted by Gasteiger charge is 2.07. The molecule has 20 heavy (non-hydrogen) atoms. The number of hydrogen-bond donors (Lipinski definition) is 0. The fraction of sp³-hybridized carbons (Fsp3) is 0.750. The van der Waals surface area contributed by atoms with E-state index >= 15 is 0 Å². The van der Waals surface area contributed by atoms with Crippen LogP contribution in [0.4, 0.5) is 5.69 Å². The lowest BCUT2D eigenvalue weighted by Crippen LogP contribution is -2.12. The summed E-state index contributed by atoms with van der Waals surface area (Å²) in [7, 11) is 0. The lowest BCUT2D eigenvalue weighted by atomic mass is 10.5. The van der Waals surface area contributed by atoms with Crippen LogP contribution in [-0.4, -0.2) is 54.3 Å². The number of aromatic nitrogens is 2. The lowest BCUT2D eigenvalue weighted by molar-refractivity contribution is -0.385. The monoisotopic (exact) mass is 287 g/mol. The maximum absolute atomic E-state index is 10.5. The van der Waals surface area contributed by atoms with Crippen molar-refractivity contribution in [2.45, 2.75) is 19.9 Å². The molecule has 8 heteroatoms. The summed E-state index contributed by atoms with van der Waals surface area (Å²) in [6.45, 7) is 5.89. The molecule has 0 aliphatic rings. The Morgan fingerprint density at radius 1 is 1.15 bits per heavy atom. The van der Waals surface area contributed by atoms with E-state index in [1.54, 1.807) is 0 Å². The average Bonchev–Trinajstić information content (AvgIpc) is 2.90. The number of nitro groups is 1. The maximum atomic E-state index is 10.5. The third-order valence-electron chi connectivity index (χ3n) is 2.39. The molecule has 0 saturated heterocycles. The van der Waals surface area contributed by atoms with E-state index in [0.717, 1.165) is 13.0 Å². The molecule has 0 unspecified atom stereocenters. The van der Waals surface area contributed by atoms with E-state index in [1.807, 2.05) is 0 Å². The summed E-state index contributed by atoms with van der Waals surface area (Å²) < 4.78 is 17.4. The summed E-state index contributed by atoms with van der Waals surface area (Å²) in [6.07, 6.45) is 3.61. The summed E-state index contributed by atoms with van der Waals surface area (Å²) in [6, 6.07) is 0. The second-order valence-electron chi connectivity index (χ2n) is 4.06. The number of nitrogens with zero attached hydrogens (tertiary/aromatic N) is 3. The van der Waals surface area contributed by atoms with Gasteiger partial charge in [-0.05, 0) is 6.42 Å². The average molecular weight is 287 g/mol. The smallest absolute Gasteiger partial charge is 0.306 e. The van der Waals surface area contributed by atoms with Gasteiger partial charge in [-0.3, -0.25) is 14.8 Å². The van der Waals surface area contributed by atoms with E-state index in [0.29, 0.717) is 39.6 Å². The van der Waals surface area contributed by atoms with Gasteiger partial charge in [-0.25, -0.2) is 0 Å². The standard InChI is InChI=1S/C12H21N3O5/c1-2-4-18-6-8-20-9-7-19-5-3-14-11-12(10-13-14)15(16)17/h10-11H,2-9H2,1H3. The minimum atomic E-state index is -0.473. The van der Waals surface area contributed by atoms with E-state index < -0.39 is 4.92 Å². The normalized spacial score (nSPS) is 10.8. The molecule has 0 atom stereocenters. The predicted octanol–water partition coefficient (Wildman–Crippen LogP) is 1.25. The van der Waals surface area contributed by atoms with Crippen molar-refractivity contribution in [2.75, 3.05) is 39.6 Å². The van der Waals surface area contributed by atoms with E-state index in [2.05, 4.69) is 12.0 Å². The molecule has 1 aromatic rings. The van der Waals surface area contributed by atoms with Crippen molar-refractivity contribution >= 4 is 5.69 Å².